The summed E-state index contributed by atoms with van der Waals surface area (Å²) in [4.78, 5) is 45.5. The third-order valence-electron chi connectivity index (χ3n) is 8.44. The predicted octanol–water partition coefficient (Wildman–Crippen LogP) is 5.72. The van der Waals surface area contributed by atoms with Crippen LogP contribution in [0.2, 0.25) is 0 Å². The lowest BCUT2D eigenvalue weighted by molar-refractivity contribution is -0.138. The third-order valence-corrected chi connectivity index (χ3v) is 9.42. The lowest BCUT2D eigenvalue weighted by atomic mass is 9.93. The Balaban J connectivity index is 1.41. The van der Waals surface area contributed by atoms with E-state index in [1.807, 2.05) is 36.4 Å². The van der Waals surface area contributed by atoms with Gasteiger partial charge in [0.1, 0.15) is 6.61 Å². The van der Waals surface area contributed by atoms with Gasteiger partial charge in [-0.3, -0.25) is 9.36 Å². The third kappa shape index (κ3) is 7.73. The van der Waals surface area contributed by atoms with E-state index in [0.717, 1.165) is 5.56 Å². The molecule has 5 aromatic rings. The van der Waals surface area contributed by atoms with Gasteiger partial charge in [-0.15, -0.1) is 0 Å². The van der Waals surface area contributed by atoms with Crippen LogP contribution >= 0.6 is 11.3 Å². The largest absolute Gasteiger partial charge is 0.493 e. The first kappa shape index (κ1) is 36.6. The number of carbonyl (C=O) groups is 2. The molecule has 53 heavy (non-hydrogen) atoms. The highest BCUT2D eigenvalue weighted by atomic mass is 32.1. The molecule has 0 N–H and O–H groups in total. The van der Waals surface area contributed by atoms with Gasteiger partial charge < -0.3 is 28.4 Å². The zero-order chi connectivity index (χ0) is 37.5. The molecular weight excluding hydrogens is 697 g/mol. The van der Waals surface area contributed by atoms with Crippen molar-refractivity contribution in [2.45, 2.75) is 26.5 Å². The van der Waals surface area contributed by atoms with Crippen molar-refractivity contribution in [1.82, 2.24) is 4.57 Å². The lowest BCUT2D eigenvalue weighted by Gasteiger charge is -2.26. The molecule has 0 fully saturated rings. The van der Waals surface area contributed by atoms with E-state index in [0.29, 0.717) is 66.9 Å². The average molecular weight is 735 g/mol. The van der Waals surface area contributed by atoms with Crippen LogP contribution in [0.5, 0.6) is 23.0 Å². The van der Waals surface area contributed by atoms with Crippen molar-refractivity contribution in [2.75, 3.05) is 34.5 Å². The van der Waals surface area contributed by atoms with Crippen LogP contribution < -0.4 is 33.8 Å². The minimum atomic E-state index is -0.890. The molecule has 0 bridgehead atoms. The summed E-state index contributed by atoms with van der Waals surface area (Å²) >= 11 is 1.21. The summed E-state index contributed by atoms with van der Waals surface area (Å²) in [6, 6.07) is 26.1. The zero-order valence-electron chi connectivity index (χ0n) is 29.9. The van der Waals surface area contributed by atoms with Crippen LogP contribution in [0, 0.1) is 0 Å². The first-order valence-corrected chi connectivity index (χ1v) is 17.7. The highest BCUT2D eigenvalue weighted by molar-refractivity contribution is 7.07. The summed E-state index contributed by atoms with van der Waals surface area (Å²) in [7, 11) is 4.61. The molecular formula is C41H38N2O9S. The van der Waals surface area contributed by atoms with Crippen molar-refractivity contribution < 1.29 is 38.0 Å². The Morgan fingerprint density at radius 1 is 0.774 bits per heavy atom. The Labute approximate surface area is 310 Å². The maximum absolute atomic E-state index is 14.4. The summed E-state index contributed by atoms with van der Waals surface area (Å²) in [5.41, 5.74) is 3.62. The Kier molecular flexibility index (Phi) is 11.4. The smallest absolute Gasteiger partial charge is 0.338 e. The Morgan fingerprint density at radius 2 is 1.43 bits per heavy atom. The van der Waals surface area contributed by atoms with Crippen molar-refractivity contribution in [1.29, 1.82) is 0 Å². The molecule has 6 rings (SSSR count). The van der Waals surface area contributed by atoms with Gasteiger partial charge in [-0.2, -0.15) is 0 Å². The van der Waals surface area contributed by atoms with E-state index in [2.05, 4.69) is 0 Å². The van der Waals surface area contributed by atoms with Crippen LogP contribution in [0.3, 0.4) is 0 Å². The van der Waals surface area contributed by atoms with Crippen molar-refractivity contribution in [3.05, 3.63) is 144 Å². The van der Waals surface area contributed by atoms with E-state index in [1.165, 1.54) is 23.0 Å². The molecule has 12 heteroatoms. The molecule has 0 radical (unpaired) electrons. The number of methoxy groups -OCH3 is 3. The predicted molar refractivity (Wildman–Crippen MR) is 200 cm³/mol. The minimum Gasteiger partial charge on any atom is -0.493 e. The maximum Gasteiger partial charge on any atom is 0.338 e. The van der Waals surface area contributed by atoms with Gasteiger partial charge >= 0.3 is 11.9 Å². The second kappa shape index (κ2) is 16.5. The summed E-state index contributed by atoms with van der Waals surface area (Å²) in [6.45, 7) is 4.17. The highest BCUT2D eigenvalue weighted by Gasteiger charge is 2.35. The van der Waals surface area contributed by atoms with Crippen molar-refractivity contribution in [3.63, 3.8) is 0 Å². The molecule has 0 aliphatic carbocycles. The van der Waals surface area contributed by atoms with Crippen LogP contribution in [0.1, 0.15) is 52.5 Å². The number of hydrogen-bond acceptors (Lipinski definition) is 11. The number of aromatic nitrogens is 1. The Hall–Kier alpha value is -6.14. The topological polar surface area (TPSA) is 124 Å². The number of hydrogen-bond donors (Lipinski definition) is 0. The fourth-order valence-electron chi connectivity index (χ4n) is 5.94. The van der Waals surface area contributed by atoms with Crippen LogP contribution in [0.15, 0.2) is 106 Å². The lowest BCUT2D eigenvalue weighted by Crippen LogP contribution is -2.40. The van der Waals surface area contributed by atoms with E-state index in [-0.39, 0.29) is 30.3 Å². The first-order chi connectivity index (χ1) is 25.8. The van der Waals surface area contributed by atoms with Crippen LogP contribution in [-0.2, 0) is 20.9 Å². The standard InChI is InChI=1S/C41H38N2O9S/c1-6-50-39(45)28-16-13-25(14-17-28)24-52-31-19-15-26(21-32(31)48-4)22-34-38(44)43-37(29-18-20-30(47-3)33(23-29)49-5)35(40(46)51-7-2)36(42-41(43)53-34)27-11-9-8-10-12-27/h8-23,37H,6-7,24H2,1-5H3/b34-22-/t37-/m0/s1. The van der Waals surface area contributed by atoms with Gasteiger partial charge in [0.05, 0.1) is 62.0 Å². The quantitative estimate of drug-likeness (QED) is 0.140. The second-order valence-electron chi connectivity index (χ2n) is 11.7. The number of fused-ring (bicyclic) bond motifs is 1. The van der Waals surface area contributed by atoms with E-state index >= 15 is 0 Å². The number of carbonyl (C=O) groups excluding carboxylic acids is 2. The number of esters is 2. The molecule has 0 spiro atoms. The number of benzene rings is 4. The van der Waals surface area contributed by atoms with E-state index < -0.39 is 12.0 Å². The highest BCUT2D eigenvalue weighted by Crippen LogP contribution is 2.38. The fraction of sp³-hybridized carbons (Fsp3) is 0.220. The molecule has 1 aliphatic heterocycles. The molecule has 272 valence electrons. The van der Waals surface area contributed by atoms with Gasteiger partial charge in [0.2, 0.25) is 0 Å². The van der Waals surface area contributed by atoms with Crippen LogP contribution in [0.4, 0.5) is 0 Å². The molecule has 0 saturated carbocycles. The van der Waals surface area contributed by atoms with E-state index in [1.54, 1.807) is 88.7 Å². The van der Waals surface area contributed by atoms with Gasteiger partial charge in [0.15, 0.2) is 27.8 Å². The molecule has 2 heterocycles. The fourth-order valence-corrected chi connectivity index (χ4v) is 6.94. The van der Waals surface area contributed by atoms with Gasteiger partial charge in [-0.25, -0.2) is 14.6 Å². The number of nitrogens with zero attached hydrogens (tertiary/aromatic N) is 2. The molecule has 4 aromatic carbocycles. The summed E-state index contributed by atoms with van der Waals surface area (Å²) in [5, 5.41) is 0. The summed E-state index contributed by atoms with van der Waals surface area (Å²) < 4.78 is 35.4. The molecule has 11 nitrogen and oxygen atoms in total. The molecule has 1 aliphatic rings. The zero-order valence-corrected chi connectivity index (χ0v) is 30.7. The SMILES string of the molecule is CCOC(=O)C1=C(c2ccccc2)N=c2s/c(=C\c3ccc(OCc4ccc(C(=O)OCC)cc4)c(OC)c3)c(=O)n2[C@H]1c1ccc(OC)c(OC)c1. The van der Waals surface area contributed by atoms with E-state index in [4.69, 9.17) is 33.4 Å². The number of rotatable bonds is 13. The van der Waals surface area contributed by atoms with Gasteiger partial charge in [-0.1, -0.05) is 65.9 Å². The average Bonchev–Trinajstić information content (AvgIpc) is 3.50. The summed E-state index contributed by atoms with van der Waals surface area (Å²) in [5.74, 6) is 0.949. The summed E-state index contributed by atoms with van der Waals surface area (Å²) in [6.07, 6.45) is 1.76. The second-order valence-corrected chi connectivity index (χ2v) is 12.7. The molecule has 0 unspecified atom stereocenters. The first-order valence-electron chi connectivity index (χ1n) is 16.9. The maximum atomic E-state index is 14.4. The molecule has 0 saturated heterocycles. The molecule has 0 amide bonds. The van der Waals surface area contributed by atoms with E-state index in [9.17, 15) is 14.4 Å². The Bertz CT molecular complexity index is 2350. The van der Waals surface area contributed by atoms with Crippen LogP contribution in [-0.4, -0.2) is 51.0 Å². The molecule has 1 aromatic heterocycles. The molecule has 1 atom stereocenters. The monoisotopic (exact) mass is 734 g/mol. The Morgan fingerprint density at radius 3 is 2.11 bits per heavy atom. The van der Waals surface area contributed by atoms with Crippen molar-refractivity contribution in [2.24, 2.45) is 4.99 Å². The van der Waals surface area contributed by atoms with Crippen molar-refractivity contribution in [3.8, 4) is 23.0 Å². The van der Waals surface area contributed by atoms with Gasteiger partial charge in [0, 0.05) is 5.56 Å². The minimum absolute atomic E-state index is 0.136. The normalized spacial score (nSPS) is 13.8. The van der Waals surface area contributed by atoms with Crippen molar-refractivity contribution >= 4 is 35.0 Å². The van der Waals surface area contributed by atoms with Crippen LogP contribution in [0.25, 0.3) is 11.8 Å². The van der Waals surface area contributed by atoms with Gasteiger partial charge in [-0.05, 0) is 73.0 Å². The van der Waals surface area contributed by atoms with Gasteiger partial charge in [0.25, 0.3) is 5.56 Å². The number of thiazole rings is 1. The number of ether oxygens (including phenoxy) is 6.